The van der Waals surface area contributed by atoms with Crippen LogP contribution in [0.15, 0.2) is 24.3 Å². The van der Waals surface area contributed by atoms with E-state index in [2.05, 4.69) is 17.4 Å². The van der Waals surface area contributed by atoms with E-state index in [4.69, 9.17) is 4.74 Å². The van der Waals surface area contributed by atoms with Gasteiger partial charge in [0, 0.05) is 31.7 Å². The molecule has 0 spiro atoms. The molecule has 0 unspecified atom stereocenters. The van der Waals surface area contributed by atoms with Gasteiger partial charge < -0.3 is 9.64 Å². The summed E-state index contributed by atoms with van der Waals surface area (Å²) >= 11 is 0. The van der Waals surface area contributed by atoms with Crippen LogP contribution in [0.2, 0.25) is 0 Å². The smallest absolute Gasteiger partial charge is 0.265 e. The molecule has 1 amide bonds. The molecule has 1 heterocycles. The first-order chi connectivity index (χ1) is 10.0. The van der Waals surface area contributed by atoms with Crippen molar-refractivity contribution in [2.24, 2.45) is 0 Å². The molecule has 5 heteroatoms. The predicted octanol–water partition coefficient (Wildman–Crippen LogP) is 1.50. The van der Waals surface area contributed by atoms with Crippen molar-refractivity contribution < 1.29 is 9.53 Å². The molecular weight excluding hydrogens is 266 g/mol. The Morgan fingerprint density at radius 2 is 1.81 bits per heavy atom. The van der Waals surface area contributed by atoms with Crippen molar-refractivity contribution in [1.82, 2.24) is 15.3 Å². The molecule has 0 aromatic heterocycles. The van der Waals surface area contributed by atoms with Gasteiger partial charge in [0.05, 0.1) is 12.7 Å². The van der Waals surface area contributed by atoms with Gasteiger partial charge in [0.2, 0.25) is 0 Å². The summed E-state index contributed by atoms with van der Waals surface area (Å²) in [6.07, 6.45) is 0.213. The van der Waals surface area contributed by atoms with E-state index in [1.54, 1.807) is 0 Å². The highest BCUT2D eigenvalue weighted by Gasteiger charge is 2.16. The molecule has 5 nitrogen and oxygen atoms in total. The lowest BCUT2D eigenvalue weighted by molar-refractivity contribution is 0.0649. The largest absolute Gasteiger partial charge is 0.374 e. The number of nitrogens with zero attached hydrogens (tertiary/aromatic N) is 2. The topological polar surface area (TPSA) is 44.8 Å². The first-order valence-corrected chi connectivity index (χ1v) is 7.49. The molecule has 0 radical (unpaired) electrons. The molecular formula is C16H25N3O2. The number of carbonyl (C=O) groups excluding carboxylic acids is 1. The summed E-state index contributed by atoms with van der Waals surface area (Å²) in [6.45, 7) is 8.29. The van der Waals surface area contributed by atoms with Crippen LogP contribution in [-0.2, 0) is 11.3 Å². The number of ether oxygens (including phenoxy) is 1. The van der Waals surface area contributed by atoms with Gasteiger partial charge in [0.25, 0.3) is 5.91 Å². The lowest BCUT2D eigenvalue weighted by atomic mass is 10.1. The van der Waals surface area contributed by atoms with Crippen LogP contribution < -0.4 is 5.43 Å². The average Bonchev–Trinajstić information content (AvgIpc) is 2.48. The quantitative estimate of drug-likeness (QED) is 0.893. The summed E-state index contributed by atoms with van der Waals surface area (Å²) in [5, 5.41) is 1.98. The molecule has 0 bridgehead atoms. The summed E-state index contributed by atoms with van der Waals surface area (Å²) in [5.41, 5.74) is 4.73. The minimum absolute atomic E-state index is 0.0455. The van der Waals surface area contributed by atoms with Crippen LogP contribution in [0.1, 0.15) is 29.8 Å². The van der Waals surface area contributed by atoms with Crippen LogP contribution >= 0.6 is 0 Å². The fourth-order valence-corrected chi connectivity index (χ4v) is 2.14. The van der Waals surface area contributed by atoms with E-state index in [1.165, 1.54) is 0 Å². The van der Waals surface area contributed by atoms with Crippen molar-refractivity contribution in [2.45, 2.75) is 26.6 Å². The molecule has 1 aliphatic rings. The third-order valence-corrected chi connectivity index (χ3v) is 3.56. The Hall–Kier alpha value is -1.43. The van der Waals surface area contributed by atoms with Crippen molar-refractivity contribution in [1.29, 1.82) is 0 Å². The number of amides is 1. The molecule has 21 heavy (non-hydrogen) atoms. The van der Waals surface area contributed by atoms with Crippen molar-refractivity contribution in [3.63, 3.8) is 0 Å². The number of nitrogens with one attached hydrogen (secondary N) is 1. The molecule has 0 saturated carbocycles. The third kappa shape index (κ3) is 5.12. The highest BCUT2D eigenvalue weighted by Crippen LogP contribution is 2.07. The van der Waals surface area contributed by atoms with Gasteiger partial charge in [-0.2, -0.15) is 0 Å². The maximum Gasteiger partial charge on any atom is 0.265 e. The Labute approximate surface area is 126 Å². The highest BCUT2D eigenvalue weighted by molar-refractivity contribution is 5.93. The van der Waals surface area contributed by atoms with Crippen LogP contribution in [-0.4, -0.2) is 55.1 Å². The summed E-state index contributed by atoms with van der Waals surface area (Å²) in [7, 11) is 2.09. The zero-order valence-electron chi connectivity index (χ0n) is 13.1. The molecule has 1 aromatic carbocycles. The second kappa shape index (κ2) is 7.54. The number of hydrogen-bond acceptors (Lipinski definition) is 4. The van der Waals surface area contributed by atoms with Gasteiger partial charge in [-0.25, -0.2) is 5.01 Å². The molecule has 2 rings (SSSR count). The van der Waals surface area contributed by atoms with Crippen LogP contribution in [0.25, 0.3) is 0 Å². The number of likely N-dealkylation sites (N-methyl/N-ethyl adjacent to an activating group) is 1. The Morgan fingerprint density at radius 3 is 2.38 bits per heavy atom. The summed E-state index contributed by atoms with van der Waals surface area (Å²) in [5.74, 6) is -0.0455. The lowest BCUT2D eigenvalue weighted by Gasteiger charge is -2.32. The normalized spacial score (nSPS) is 17.1. The van der Waals surface area contributed by atoms with Gasteiger partial charge in [0.15, 0.2) is 0 Å². The zero-order valence-corrected chi connectivity index (χ0v) is 13.1. The number of benzene rings is 1. The SMILES string of the molecule is CC(C)OCc1ccc(C(=O)NN2CCN(C)CC2)cc1. The molecule has 116 valence electrons. The van der Waals surface area contributed by atoms with Gasteiger partial charge in [0.1, 0.15) is 0 Å². The molecule has 1 fully saturated rings. The Balaban J connectivity index is 1.85. The van der Waals surface area contributed by atoms with Gasteiger partial charge >= 0.3 is 0 Å². The van der Waals surface area contributed by atoms with E-state index in [0.717, 1.165) is 31.7 Å². The van der Waals surface area contributed by atoms with Crippen molar-refractivity contribution in [2.75, 3.05) is 33.2 Å². The second-order valence-corrected chi connectivity index (χ2v) is 5.79. The van der Waals surface area contributed by atoms with Crippen LogP contribution in [0.3, 0.4) is 0 Å². The zero-order chi connectivity index (χ0) is 15.2. The average molecular weight is 291 g/mol. The fraction of sp³-hybridized carbons (Fsp3) is 0.562. The molecule has 0 aliphatic carbocycles. The first-order valence-electron chi connectivity index (χ1n) is 7.49. The molecule has 1 N–H and O–H groups in total. The van der Waals surface area contributed by atoms with E-state index in [1.807, 2.05) is 43.1 Å². The molecule has 1 aromatic rings. The van der Waals surface area contributed by atoms with E-state index >= 15 is 0 Å². The minimum atomic E-state index is -0.0455. The number of piperazine rings is 1. The standard InChI is InChI=1S/C16H25N3O2/c1-13(2)21-12-14-4-6-15(7-5-14)16(20)17-19-10-8-18(3)9-11-19/h4-7,13H,8-12H2,1-3H3,(H,17,20). The minimum Gasteiger partial charge on any atom is -0.374 e. The van der Waals surface area contributed by atoms with Crippen LogP contribution in [0.4, 0.5) is 0 Å². The number of hydrazine groups is 1. The Morgan fingerprint density at radius 1 is 1.19 bits per heavy atom. The monoisotopic (exact) mass is 291 g/mol. The van der Waals surface area contributed by atoms with Gasteiger partial charge in [-0.05, 0) is 38.6 Å². The summed E-state index contributed by atoms with van der Waals surface area (Å²) < 4.78 is 5.55. The van der Waals surface area contributed by atoms with Crippen molar-refractivity contribution in [3.8, 4) is 0 Å². The molecule has 1 saturated heterocycles. The van der Waals surface area contributed by atoms with E-state index in [9.17, 15) is 4.79 Å². The maximum absolute atomic E-state index is 12.2. The maximum atomic E-state index is 12.2. The second-order valence-electron chi connectivity index (χ2n) is 5.79. The van der Waals surface area contributed by atoms with Crippen LogP contribution in [0.5, 0.6) is 0 Å². The van der Waals surface area contributed by atoms with Crippen LogP contribution in [0, 0.1) is 0 Å². The Kier molecular flexibility index (Phi) is 5.73. The van der Waals surface area contributed by atoms with Gasteiger partial charge in [-0.15, -0.1) is 0 Å². The number of carbonyl (C=O) groups is 1. The molecule has 1 aliphatic heterocycles. The molecule has 0 atom stereocenters. The number of rotatable bonds is 5. The van der Waals surface area contributed by atoms with E-state index < -0.39 is 0 Å². The van der Waals surface area contributed by atoms with Gasteiger partial charge in [-0.3, -0.25) is 10.2 Å². The summed E-state index contributed by atoms with van der Waals surface area (Å²) in [6, 6.07) is 7.59. The summed E-state index contributed by atoms with van der Waals surface area (Å²) in [4.78, 5) is 14.4. The predicted molar refractivity (Wildman–Crippen MR) is 82.9 cm³/mol. The fourth-order valence-electron chi connectivity index (χ4n) is 2.14. The third-order valence-electron chi connectivity index (χ3n) is 3.56. The first kappa shape index (κ1) is 15.9. The van der Waals surface area contributed by atoms with E-state index in [-0.39, 0.29) is 12.0 Å². The highest BCUT2D eigenvalue weighted by atomic mass is 16.5. The number of hydrogen-bond donors (Lipinski definition) is 1. The lowest BCUT2D eigenvalue weighted by Crippen LogP contribution is -2.52. The van der Waals surface area contributed by atoms with Crippen molar-refractivity contribution in [3.05, 3.63) is 35.4 Å². The van der Waals surface area contributed by atoms with E-state index in [0.29, 0.717) is 12.2 Å². The van der Waals surface area contributed by atoms with Gasteiger partial charge in [-0.1, -0.05) is 12.1 Å². The van der Waals surface area contributed by atoms with Crippen molar-refractivity contribution >= 4 is 5.91 Å². The Bertz CT molecular complexity index is 451.